The molecule has 1 saturated heterocycles. The third kappa shape index (κ3) is 3.27. The second-order valence-electron chi connectivity index (χ2n) is 6.61. The average Bonchev–Trinajstić information content (AvgIpc) is 3.33. The highest BCUT2D eigenvalue weighted by atomic mass is 35.5. The number of nitrogens with zero attached hydrogens (tertiary/aromatic N) is 4. The molecule has 0 bridgehead atoms. The summed E-state index contributed by atoms with van der Waals surface area (Å²) in [4.78, 5) is 14.4. The lowest BCUT2D eigenvalue weighted by Crippen LogP contribution is -2.46. The monoisotopic (exact) mass is 430 g/mol. The van der Waals surface area contributed by atoms with E-state index in [1.807, 2.05) is 37.3 Å². The molecule has 0 saturated carbocycles. The molecule has 1 fully saturated rings. The number of halogens is 1. The van der Waals surface area contributed by atoms with Crippen LogP contribution in [0.25, 0.3) is 20.4 Å². The highest BCUT2D eigenvalue weighted by Gasteiger charge is 2.22. The van der Waals surface area contributed by atoms with E-state index in [0.717, 1.165) is 62.9 Å². The third-order valence-electron chi connectivity index (χ3n) is 4.83. The molecule has 4 aromatic rings. The fourth-order valence-electron chi connectivity index (χ4n) is 3.43. The molecular formula is C20H19ClN4OS2. The molecule has 5 nitrogen and oxygen atoms in total. The van der Waals surface area contributed by atoms with Crippen molar-refractivity contribution in [2.45, 2.75) is 6.92 Å². The maximum Gasteiger partial charge on any atom is 0.186 e. The predicted molar refractivity (Wildman–Crippen MR) is 120 cm³/mol. The number of benzene rings is 2. The molecule has 8 heteroatoms. The number of hydrogen-bond acceptors (Lipinski definition) is 7. The maximum absolute atomic E-state index is 6.11. The van der Waals surface area contributed by atoms with Gasteiger partial charge in [-0.25, -0.2) is 9.97 Å². The van der Waals surface area contributed by atoms with Gasteiger partial charge in [0.25, 0.3) is 0 Å². The molecule has 0 N–H and O–H groups in total. The minimum Gasteiger partial charge on any atom is -0.492 e. The van der Waals surface area contributed by atoms with Crippen LogP contribution >= 0.6 is 34.3 Å². The van der Waals surface area contributed by atoms with E-state index in [0.29, 0.717) is 6.61 Å². The molecular weight excluding hydrogens is 412 g/mol. The number of fused-ring (bicyclic) bond motifs is 2. The first kappa shape index (κ1) is 18.0. The molecule has 5 rings (SSSR count). The third-order valence-corrected chi connectivity index (χ3v) is 7.23. The lowest BCUT2D eigenvalue weighted by atomic mass is 10.3. The topological polar surface area (TPSA) is 41.5 Å². The first-order valence-electron chi connectivity index (χ1n) is 9.29. The van der Waals surface area contributed by atoms with Crippen LogP contribution in [0.5, 0.6) is 5.75 Å². The van der Waals surface area contributed by atoms with Crippen molar-refractivity contribution >= 4 is 65.0 Å². The van der Waals surface area contributed by atoms with E-state index in [9.17, 15) is 0 Å². The summed E-state index contributed by atoms with van der Waals surface area (Å²) in [5, 5.41) is 2.90. The molecule has 28 heavy (non-hydrogen) atoms. The van der Waals surface area contributed by atoms with Gasteiger partial charge in [-0.15, -0.1) is 0 Å². The molecule has 0 unspecified atom stereocenters. The van der Waals surface area contributed by atoms with E-state index in [1.54, 1.807) is 22.7 Å². The second-order valence-corrected chi connectivity index (χ2v) is 9.07. The van der Waals surface area contributed by atoms with Crippen LogP contribution in [0.3, 0.4) is 0 Å². The van der Waals surface area contributed by atoms with Crippen LogP contribution in [-0.2, 0) is 0 Å². The Kier molecular flexibility index (Phi) is 4.74. The van der Waals surface area contributed by atoms with Gasteiger partial charge in [0, 0.05) is 31.2 Å². The van der Waals surface area contributed by atoms with E-state index in [1.165, 1.54) is 4.70 Å². The average molecular weight is 431 g/mol. The van der Waals surface area contributed by atoms with Crippen LogP contribution < -0.4 is 14.5 Å². The number of para-hydroxylation sites is 1. The van der Waals surface area contributed by atoms with Crippen LogP contribution in [0.1, 0.15) is 6.92 Å². The number of rotatable bonds is 4. The molecule has 144 valence electrons. The zero-order valence-corrected chi connectivity index (χ0v) is 17.8. The Morgan fingerprint density at radius 1 is 0.964 bits per heavy atom. The smallest absolute Gasteiger partial charge is 0.186 e. The Labute approximate surface area is 176 Å². The van der Waals surface area contributed by atoms with Crippen LogP contribution in [0.15, 0.2) is 36.4 Å². The standard InChI is InChI=1S/C20H19ClN4OS2/c1-2-26-15-4-3-5-16-18(15)23-20(27-16)25-10-8-24(9-11-25)19-22-14-7-6-13(21)12-17(14)28-19/h3-7,12H,2,8-11H2,1H3. The van der Waals surface area contributed by atoms with E-state index in [4.69, 9.17) is 26.3 Å². The Hall–Kier alpha value is -2.09. The lowest BCUT2D eigenvalue weighted by molar-refractivity contribution is 0.344. The summed E-state index contributed by atoms with van der Waals surface area (Å²) in [6.45, 7) is 6.38. The zero-order chi connectivity index (χ0) is 19.1. The largest absolute Gasteiger partial charge is 0.492 e. The van der Waals surface area contributed by atoms with Gasteiger partial charge in [0.15, 0.2) is 10.3 Å². The Morgan fingerprint density at radius 3 is 2.43 bits per heavy atom. The number of piperazine rings is 1. The van der Waals surface area contributed by atoms with Gasteiger partial charge in [-0.3, -0.25) is 0 Å². The maximum atomic E-state index is 6.11. The van der Waals surface area contributed by atoms with Crippen molar-refractivity contribution in [2.75, 3.05) is 42.6 Å². The van der Waals surface area contributed by atoms with E-state index >= 15 is 0 Å². The second kappa shape index (κ2) is 7.39. The van der Waals surface area contributed by atoms with Gasteiger partial charge >= 0.3 is 0 Å². The van der Waals surface area contributed by atoms with Gasteiger partial charge in [-0.05, 0) is 37.3 Å². The number of anilines is 2. The normalized spacial score (nSPS) is 14.9. The molecule has 0 spiro atoms. The minimum atomic E-state index is 0.651. The van der Waals surface area contributed by atoms with Crippen molar-refractivity contribution in [1.82, 2.24) is 9.97 Å². The first-order valence-corrected chi connectivity index (χ1v) is 11.3. The predicted octanol–water partition coefficient (Wildman–Crippen LogP) is 5.28. The Bertz CT molecular complexity index is 1130. The molecule has 0 aliphatic carbocycles. The summed E-state index contributed by atoms with van der Waals surface area (Å²) >= 11 is 9.55. The van der Waals surface area contributed by atoms with Crippen molar-refractivity contribution in [3.63, 3.8) is 0 Å². The summed E-state index contributed by atoms with van der Waals surface area (Å²) in [6.07, 6.45) is 0. The number of hydrogen-bond donors (Lipinski definition) is 0. The fraction of sp³-hybridized carbons (Fsp3) is 0.300. The summed E-state index contributed by atoms with van der Waals surface area (Å²) < 4.78 is 8.04. The first-order chi connectivity index (χ1) is 13.7. The van der Waals surface area contributed by atoms with Crippen molar-refractivity contribution in [3.05, 3.63) is 41.4 Å². The summed E-state index contributed by atoms with van der Waals surface area (Å²) in [6, 6.07) is 12.0. The molecule has 3 heterocycles. The SMILES string of the molecule is CCOc1cccc2sc(N3CCN(c4nc5ccc(Cl)cc5s4)CC3)nc12. The van der Waals surface area contributed by atoms with Gasteiger partial charge < -0.3 is 14.5 Å². The molecule has 1 aliphatic rings. The van der Waals surface area contributed by atoms with Crippen molar-refractivity contribution < 1.29 is 4.74 Å². The highest BCUT2D eigenvalue weighted by molar-refractivity contribution is 7.22. The zero-order valence-electron chi connectivity index (χ0n) is 15.4. The summed E-state index contributed by atoms with van der Waals surface area (Å²) in [7, 11) is 0. The number of aromatic nitrogens is 2. The van der Waals surface area contributed by atoms with E-state index in [2.05, 4.69) is 15.9 Å². The summed E-state index contributed by atoms with van der Waals surface area (Å²) in [5.74, 6) is 0.870. The molecule has 0 atom stereocenters. The highest BCUT2D eigenvalue weighted by Crippen LogP contribution is 2.36. The van der Waals surface area contributed by atoms with Crippen molar-refractivity contribution in [2.24, 2.45) is 0 Å². The molecule has 2 aromatic carbocycles. The van der Waals surface area contributed by atoms with E-state index in [-0.39, 0.29) is 0 Å². The van der Waals surface area contributed by atoms with Crippen LogP contribution in [0.4, 0.5) is 10.3 Å². The fourth-order valence-corrected chi connectivity index (χ4v) is 5.76. The molecule has 0 amide bonds. The van der Waals surface area contributed by atoms with Crippen LogP contribution in [0, 0.1) is 0 Å². The van der Waals surface area contributed by atoms with Gasteiger partial charge in [0.05, 0.1) is 21.5 Å². The van der Waals surface area contributed by atoms with Gasteiger partial charge in [0.2, 0.25) is 0 Å². The Balaban J connectivity index is 1.34. The number of thiazole rings is 2. The number of ether oxygens (including phenoxy) is 1. The Morgan fingerprint density at radius 2 is 1.68 bits per heavy atom. The van der Waals surface area contributed by atoms with Crippen molar-refractivity contribution in [3.8, 4) is 5.75 Å². The van der Waals surface area contributed by atoms with Crippen molar-refractivity contribution in [1.29, 1.82) is 0 Å². The lowest BCUT2D eigenvalue weighted by Gasteiger charge is -2.34. The van der Waals surface area contributed by atoms with Gasteiger partial charge in [-0.2, -0.15) is 0 Å². The molecule has 2 aromatic heterocycles. The van der Waals surface area contributed by atoms with Gasteiger partial charge in [0.1, 0.15) is 11.3 Å². The van der Waals surface area contributed by atoms with Gasteiger partial charge in [-0.1, -0.05) is 40.3 Å². The summed E-state index contributed by atoms with van der Waals surface area (Å²) in [5.41, 5.74) is 1.98. The minimum absolute atomic E-state index is 0.651. The quantitative estimate of drug-likeness (QED) is 0.440. The molecule has 1 aliphatic heterocycles. The van der Waals surface area contributed by atoms with Crippen LogP contribution in [-0.4, -0.2) is 42.8 Å². The molecule has 0 radical (unpaired) electrons. The van der Waals surface area contributed by atoms with Crippen LogP contribution in [0.2, 0.25) is 5.02 Å². The van der Waals surface area contributed by atoms with E-state index < -0.39 is 0 Å².